The van der Waals surface area contributed by atoms with Crippen molar-refractivity contribution < 1.29 is 20.1 Å². The van der Waals surface area contributed by atoms with Gasteiger partial charge in [-0.15, -0.1) is 0 Å². The molecule has 5 heteroatoms. The zero-order chi connectivity index (χ0) is 24.9. The summed E-state index contributed by atoms with van der Waals surface area (Å²) in [5, 5.41) is 44.5. The van der Waals surface area contributed by atoms with E-state index in [9.17, 15) is 25.4 Å². The van der Waals surface area contributed by atoms with Crippen LogP contribution in [0.15, 0.2) is 23.3 Å². The van der Waals surface area contributed by atoms with Gasteiger partial charge in [-0.05, 0) is 78.9 Å². The van der Waals surface area contributed by atoms with Crippen LogP contribution in [0.1, 0.15) is 79.6 Å². The Balaban J connectivity index is 1.67. The summed E-state index contributed by atoms with van der Waals surface area (Å²) in [6.45, 7) is 10.8. The van der Waals surface area contributed by atoms with Gasteiger partial charge in [0.1, 0.15) is 17.8 Å². The molecule has 34 heavy (non-hydrogen) atoms. The summed E-state index contributed by atoms with van der Waals surface area (Å²) in [4.78, 5) is 12.8. The Morgan fingerprint density at radius 3 is 2.44 bits per heavy atom. The van der Waals surface area contributed by atoms with E-state index in [0.29, 0.717) is 0 Å². The van der Waals surface area contributed by atoms with E-state index in [4.69, 9.17) is 0 Å². The molecule has 5 aliphatic rings. The number of Topliss-reactive ketones (excluding diaryl/α,β-unsaturated/α-hetero) is 1. The molecule has 0 aliphatic heterocycles. The molecule has 186 valence electrons. The lowest BCUT2D eigenvalue weighted by Gasteiger charge is -2.68. The van der Waals surface area contributed by atoms with Crippen LogP contribution in [-0.2, 0) is 4.79 Å². The number of aliphatic hydroxyl groups excluding tert-OH is 2. The Labute approximate surface area is 203 Å². The third kappa shape index (κ3) is 2.85. The molecule has 1 unspecified atom stereocenters. The maximum absolute atomic E-state index is 12.8. The van der Waals surface area contributed by atoms with Crippen LogP contribution in [0, 0.1) is 56.7 Å². The summed E-state index contributed by atoms with van der Waals surface area (Å²) in [7, 11) is 0. The summed E-state index contributed by atoms with van der Waals surface area (Å²) in [5.74, 6) is -0.515. The molecule has 3 N–H and O–H groups in total. The lowest BCUT2D eigenvalue weighted by Crippen LogP contribution is -2.70. The van der Waals surface area contributed by atoms with Crippen LogP contribution in [0.25, 0.3) is 0 Å². The van der Waals surface area contributed by atoms with Crippen LogP contribution >= 0.6 is 0 Å². The monoisotopic (exact) mass is 467 g/mol. The molecule has 0 bridgehead atoms. The van der Waals surface area contributed by atoms with Crippen molar-refractivity contribution in [2.45, 2.75) is 91.3 Å². The van der Waals surface area contributed by atoms with Gasteiger partial charge in [-0.2, -0.15) is 5.26 Å². The van der Waals surface area contributed by atoms with Crippen molar-refractivity contribution >= 4 is 5.78 Å². The van der Waals surface area contributed by atoms with Crippen molar-refractivity contribution in [1.82, 2.24) is 0 Å². The van der Waals surface area contributed by atoms with Crippen LogP contribution in [0.3, 0.4) is 0 Å². The number of carbonyl (C=O) groups is 1. The Hall–Kier alpha value is -1.48. The van der Waals surface area contributed by atoms with Gasteiger partial charge in [0.25, 0.3) is 0 Å². The second-order valence-electron chi connectivity index (χ2n) is 13.6. The van der Waals surface area contributed by atoms with Gasteiger partial charge in [-0.3, -0.25) is 4.79 Å². The Bertz CT molecular complexity index is 1020. The fourth-order valence-corrected chi connectivity index (χ4v) is 9.57. The lowest BCUT2D eigenvalue weighted by atomic mass is 9.38. The summed E-state index contributed by atoms with van der Waals surface area (Å²) in [5.41, 5.74) is -1.09. The van der Waals surface area contributed by atoms with Gasteiger partial charge < -0.3 is 15.3 Å². The van der Waals surface area contributed by atoms with Crippen LogP contribution in [0.2, 0.25) is 0 Å². The molecular formula is C29H41NO4. The highest BCUT2D eigenvalue weighted by atomic mass is 16.3. The Kier molecular flexibility index (Phi) is 5.18. The molecule has 5 aliphatic carbocycles. The van der Waals surface area contributed by atoms with Crippen molar-refractivity contribution in [2.75, 3.05) is 6.61 Å². The van der Waals surface area contributed by atoms with Gasteiger partial charge in [-0.25, -0.2) is 0 Å². The first kappa shape index (κ1) is 24.2. The number of fused-ring (bicyclic) bond motifs is 7. The summed E-state index contributed by atoms with van der Waals surface area (Å²) in [6.07, 6.45) is 8.76. The van der Waals surface area contributed by atoms with Crippen LogP contribution in [0.5, 0.6) is 0 Å². The maximum atomic E-state index is 12.8. The minimum absolute atomic E-state index is 0.0520. The number of nitriles is 1. The van der Waals surface area contributed by atoms with Gasteiger partial charge in [0.05, 0.1) is 5.57 Å². The first-order valence-electron chi connectivity index (χ1n) is 13.2. The SMILES string of the molecule is C[C@@H]1C(=O)C(C#N)=C[C@]2(C)C3=C[C@@H](O)[C@]4(O)C5CC(C)(C)CC[C@]5(CO)CC[C@H]4[C@]3(C)CC[C@@H]12. The van der Waals surface area contributed by atoms with Gasteiger partial charge in [0.2, 0.25) is 0 Å². The van der Waals surface area contributed by atoms with E-state index >= 15 is 0 Å². The highest BCUT2D eigenvalue weighted by Crippen LogP contribution is 2.70. The van der Waals surface area contributed by atoms with Gasteiger partial charge in [0, 0.05) is 17.9 Å². The van der Waals surface area contributed by atoms with Gasteiger partial charge in [-0.1, -0.05) is 52.3 Å². The van der Waals surface area contributed by atoms with Crippen LogP contribution in [-0.4, -0.2) is 39.4 Å². The summed E-state index contributed by atoms with van der Waals surface area (Å²) >= 11 is 0. The minimum atomic E-state index is -1.29. The molecule has 0 spiro atoms. The molecule has 0 saturated heterocycles. The van der Waals surface area contributed by atoms with E-state index in [0.717, 1.165) is 50.5 Å². The number of nitrogens with zero attached hydrogens (tertiary/aromatic N) is 1. The first-order valence-corrected chi connectivity index (χ1v) is 13.2. The molecule has 0 aromatic carbocycles. The number of hydrogen-bond acceptors (Lipinski definition) is 5. The predicted octanol–water partition coefficient (Wildman–Crippen LogP) is 4.32. The topological polar surface area (TPSA) is 102 Å². The molecule has 0 radical (unpaired) electrons. The van der Waals surface area contributed by atoms with Crippen molar-refractivity contribution in [2.24, 2.45) is 45.3 Å². The second kappa shape index (κ2) is 7.28. The number of rotatable bonds is 1. The molecule has 5 rings (SSSR count). The van der Waals surface area contributed by atoms with Crippen molar-refractivity contribution in [3.05, 3.63) is 23.3 Å². The van der Waals surface area contributed by atoms with E-state index in [1.807, 2.05) is 19.1 Å². The van der Waals surface area contributed by atoms with Crippen LogP contribution < -0.4 is 0 Å². The highest BCUT2D eigenvalue weighted by molar-refractivity contribution is 6.02. The Morgan fingerprint density at radius 2 is 1.79 bits per heavy atom. The third-order valence-electron chi connectivity index (χ3n) is 11.5. The first-order chi connectivity index (χ1) is 15.8. The third-order valence-corrected chi connectivity index (χ3v) is 11.5. The minimum Gasteiger partial charge on any atom is -0.396 e. The predicted molar refractivity (Wildman–Crippen MR) is 129 cm³/mol. The van der Waals surface area contributed by atoms with Crippen molar-refractivity contribution in [3.8, 4) is 6.07 Å². The van der Waals surface area contributed by atoms with Crippen molar-refractivity contribution in [1.29, 1.82) is 5.26 Å². The average molecular weight is 468 g/mol. The quantitative estimate of drug-likeness (QED) is 0.499. The van der Waals surface area contributed by atoms with Crippen LogP contribution in [0.4, 0.5) is 0 Å². The zero-order valence-electron chi connectivity index (χ0n) is 21.4. The summed E-state index contributed by atoms with van der Waals surface area (Å²) < 4.78 is 0. The molecule has 0 aromatic heterocycles. The molecule has 9 atom stereocenters. The smallest absolute Gasteiger partial charge is 0.176 e. The van der Waals surface area contributed by atoms with E-state index in [-0.39, 0.29) is 57.9 Å². The van der Waals surface area contributed by atoms with E-state index in [2.05, 4.69) is 33.8 Å². The molecule has 0 aromatic rings. The molecule has 0 amide bonds. The van der Waals surface area contributed by atoms with E-state index < -0.39 is 17.1 Å². The fourth-order valence-electron chi connectivity index (χ4n) is 9.57. The number of hydrogen-bond donors (Lipinski definition) is 3. The van der Waals surface area contributed by atoms with E-state index in [1.165, 1.54) is 0 Å². The zero-order valence-corrected chi connectivity index (χ0v) is 21.4. The summed E-state index contributed by atoms with van der Waals surface area (Å²) in [6, 6.07) is 2.13. The lowest BCUT2D eigenvalue weighted by molar-refractivity contribution is -0.252. The van der Waals surface area contributed by atoms with Gasteiger partial charge >= 0.3 is 0 Å². The molecule has 0 heterocycles. The van der Waals surface area contributed by atoms with Crippen molar-refractivity contribution in [3.63, 3.8) is 0 Å². The normalized spacial score (nSPS) is 51.6. The number of ketones is 1. The molecule has 3 saturated carbocycles. The maximum Gasteiger partial charge on any atom is 0.176 e. The standard InChI is InChI=1S/C29H41NO4/c1-17-19-6-8-26(4)20-7-9-28(16-31)11-10-25(2,3)14-22(28)29(20,34)23(32)12-21(26)27(19,5)13-18(15-30)24(17)33/h12-13,17,19-20,22-23,31-32,34H,6-11,14,16H2,1-5H3/t17-,19-,20-,22?,23+,26-,27-,28-,29+/m0/s1. The largest absolute Gasteiger partial charge is 0.396 e. The average Bonchev–Trinajstić information content (AvgIpc) is 2.78. The second-order valence-corrected chi connectivity index (χ2v) is 13.6. The van der Waals surface area contributed by atoms with E-state index in [1.54, 1.807) is 0 Å². The van der Waals surface area contributed by atoms with Gasteiger partial charge in [0.15, 0.2) is 5.78 Å². The number of allylic oxidation sites excluding steroid dienone is 3. The number of carbonyl (C=O) groups excluding carboxylic acids is 1. The fraction of sp³-hybridized carbons (Fsp3) is 0.793. The number of aliphatic hydroxyl groups is 3. The molecule has 5 nitrogen and oxygen atoms in total. The molecule has 3 fully saturated rings. The Morgan fingerprint density at radius 1 is 1.09 bits per heavy atom. The molecular weight excluding hydrogens is 426 g/mol. The highest BCUT2D eigenvalue weighted by Gasteiger charge is 2.69.